The zero-order valence-corrected chi connectivity index (χ0v) is 14.2. The standard InChI is InChI=1S/C18H21FN4O2/c1-25-12-5-6-14(19)16(11-12)22-7-9-23(10-8-22)18(24)17-13-3-2-4-15(13)20-21-17/h5-6,11H,2-4,7-10H2,1H3,(H,20,21). The predicted molar refractivity (Wildman–Crippen MR) is 91.7 cm³/mol. The Morgan fingerprint density at radius 2 is 2.04 bits per heavy atom. The summed E-state index contributed by atoms with van der Waals surface area (Å²) >= 11 is 0. The van der Waals surface area contributed by atoms with Gasteiger partial charge in [-0.15, -0.1) is 0 Å². The van der Waals surface area contributed by atoms with Crippen molar-refractivity contribution < 1.29 is 13.9 Å². The number of halogens is 1. The summed E-state index contributed by atoms with van der Waals surface area (Å²) in [5.41, 5.74) is 3.26. The molecule has 0 atom stereocenters. The van der Waals surface area contributed by atoms with Crippen LogP contribution in [-0.4, -0.2) is 54.3 Å². The van der Waals surface area contributed by atoms with Crippen LogP contribution in [0.3, 0.4) is 0 Å². The third-order valence-corrected chi connectivity index (χ3v) is 5.07. The van der Waals surface area contributed by atoms with E-state index in [4.69, 9.17) is 4.74 Å². The topological polar surface area (TPSA) is 61.5 Å². The predicted octanol–water partition coefficient (Wildman–Crippen LogP) is 2.01. The molecule has 1 aliphatic carbocycles. The Balaban J connectivity index is 1.45. The number of rotatable bonds is 3. The Morgan fingerprint density at radius 3 is 2.80 bits per heavy atom. The van der Waals surface area contributed by atoms with E-state index in [1.807, 2.05) is 9.80 Å². The lowest BCUT2D eigenvalue weighted by Gasteiger charge is -2.36. The summed E-state index contributed by atoms with van der Waals surface area (Å²) in [6, 6.07) is 4.73. The van der Waals surface area contributed by atoms with Gasteiger partial charge in [0.15, 0.2) is 5.69 Å². The number of piperazine rings is 1. The Labute approximate surface area is 145 Å². The molecule has 7 heteroatoms. The Kier molecular flexibility index (Phi) is 4.07. The highest BCUT2D eigenvalue weighted by Crippen LogP contribution is 2.27. The lowest BCUT2D eigenvalue weighted by atomic mass is 10.1. The average molecular weight is 344 g/mol. The SMILES string of the molecule is COc1ccc(F)c(N2CCN(C(=O)c3n[nH]c4c3CCC4)CC2)c1. The maximum absolute atomic E-state index is 14.1. The number of aryl methyl sites for hydroxylation is 1. The first kappa shape index (κ1) is 15.9. The van der Waals surface area contributed by atoms with Crippen LogP contribution < -0.4 is 9.64 Å². The van der Waals surface area contributed by atoms with Crippen LogP contribution >= 0.6 is 0 Å². The summed E-state index contributed by atoms with van der Waals surface area (Å²) in [7, 11) is 1.57. The van der Waals surface area contributed by atoms with Crippen LogP contribution in [0.15, 0.2) is 18.2 Å². The quantitative estimate of drug-likeness (QED) is 0.925. The average Bonchev–Trinajstić information content (AvgIpc) is 3.25. The highest BCUT2D eigenvalue weighted by molar-refractivity contribution is 5.94. The molecule has 0 spiro atoms. The van der Waals surface area contributed by atoms with Crippen molar-refractivity contribution in [2.75, 3.05) is 38.2 Å². The summed E-state index contributed by atoms with van der Waals surface area (Å²) < 4.78 is 19.3. The third-order valence-electron chi connectivity index (χ3n) is 5.07. The van der Waals surface area contributed by atoms with Crippen molar-refractivity contribution in [1.82, 2.24) is 15.1 Å². The van der Waals surface area contributed by atoms with Gasteiger partial charge in [0, 0.05) is 43.5 Å². The van der Waals surface area contributed by atoms with E-state index in [1.165, 1.54) is 6.07 Å². The number of carbonyl (C=O) groups is 1. The monoisotopic (exact) mass is 344 g/mol. The van der Waals surface area contributed by atoms with Gasteiger partial charge in [-0.25, -0.2) is 4.39 Å². The van der Waals surface area contributed by atoms with Gasteiger partial charge in [0.1, 0.15) is 11.6 Å². The van der Waals surface area contributed by atoms with Crippen LogP contribution in [-0.2, 0) is 12.8 Å². The van der Waals surface area contributed by atoms with Crippen molar-refractivity contribution in [3.05, 3.63) is 41.0 Å². The van der Waals surface area contributed by atoms with E-state index < -0.39 is 0 Å². The number of benzene rings is 1. The van der Waals surface area contributed by atoms with E-state index in [9.17, 15) is 9.18 Å². The van der Waals surface area contributed by atoms with Crippen molar-refractivity contribution in [3.8, 4) is 5.75 Å². The van der Waals surface area contributed by atoms with Crippen LogP contribution in [0, 0.1) is 5.82 Å². The summed E-state index contributed by atoms with van der Waals surface area (Å²) in [5.74, 6) is 0.331. The maximum Gasteiger partial charge on any atom is 0.274 e. The minimum atomic E-state index is -0.273. The Hall–Kier alpha value is -2.57. The molecule has 1 aromatic carbocycles. The van der Waals surface area contributed by atoms with Crippen molar-refractivity contribution in [3.63, 3.8) is 0 Å². The molecule has 0 bridgehead atoms. The number of H-pyrrole nitrogens is 1. The van der Waals surface area contributed by atoms with Crippen molar-refractivity contribution in [2.24, 2.45) is 0 Å². The zero-order chi connectivity index (χ0) is 17.4. The third kappa shape index (κ3) is 2.83. The van der Waals surface area contributed by atoms with Gasteiger partial charge in [-0.3, -0.25) is 9.89 Å². The van der Waals surface area contributed by atoms with Gasteiger partial charge in [-0.05, 0) is 31.4 Å². The Morgan fingerprint density at radius 1 is 1.24 bits per heavy atom. The number of aromatic amines is 1. The zero-order valence-electron chi connectivity index (χ0n) is 14.2. The molecule has 2 aromatic rings. The minimum Gasteiger partial charge on any atom is -0.497 e. The molecule has 4 rings (SSSR count). The van der Waals surface area contributed by atoms with Crippen LogP contribution in [0.25, 0.3) is 0 Å². The van der Waals surface area contributed by atoms with Crippen molar-refractivity contribution in [1.29, 1.82) is 0 Å². The number of aromatic nitrogens is 2. The molecule has 2 heterocycles. The second-order valence-corrected chi connectivity index (χ2v) is 6.48. The molecule has 132 valence electrons. The van der Waals surface area contributed by atoms with Crippen LogP contribution in [0.5, 0.6) is 5.75 Å². The molecule has 1 amide bonds. The number of hydrogen-bond donors (Lipinski definition) is 1. The molecule has 0 unspecified atom stereocenters. The molecule has 1 aliphatic heterocycles. The fourth-order valence-corrected chi connectivity index (χ4v) is 3.66. The summed E-state index contributed by atoms with van der Waals surface area (Å²) in [6.45, 7) is 2.28. The highest BCUT2D eigenvalue weighted by atomic mass is 19.1. The molecule has 0 radical (unpaired) electrons. The number of amides is 1. The van der Waals surface area contributed by atoms with Gasteiger partial charge in [0.2, 0.25) is 0 Å². The van der Waals surface area contributed by atoms with E-state index in [-0.39, 0.29) is 11.7 Å². The smallest absolute Gasteiger partial charge is 0.274 e. The number of nitrogens with one attached hydrogen (secondary N) is 1. The van der Waals surface area contributed by atoms with Crippen molar-refractivity contribution in [2.45, 2.75) is 19.3 Å². The number of fused-ring (bicyclic) bond motifs is 1. The fraction of sp³-hybridized carbons (Fsp3) is 0.444. The summed E-state index contributed by atoms with van der Waals surface area (Å²) in [4.78, 5) is 16.5. The first-order chi connectivity index (χ1) is 12.2. The van der Waals surface area contributed by atoms with Gasteiger partial charge in [-0.2, -0.15) is 5.10 Å². The van der Waals surface area contributed by atoms with E-state index >= 15 is 0 Å². The number of anilines is 1. The van der Waals surface area contributed by atoms with Crippen LogP contribution in [0.2, 0.25) is 0 Å². The van der Waals surface area contributed by atoms with E-state index in [1.54, 1.807) is 19.2 Å². The normalized spacial score (nSPS) is 16.9. The molecule has 1 fully saturated rings. The molecular weight excluding hydrogens is 323 g/mol. The molecular formula is C18H21FN4O2. The first-order valence-corrected chi connectivity index (χ1v) is 8.61. The largest absolute Gasteiger partial charge is 0.497 e. The highest BCUT2D eigenvalue weighted by Gasteiger charge is 2.29. The molecule has 0 saturated carbocycles. The summed E-state index contributed by atoms with van der Waals surface area (Å²) in [5, 5.41) is 7.21. The van der Waals surface area contributed by atoms with E-state index in [0.717, 1.165) is 30.5 Å². The number of methoxy groups -OCH3 is 1. The number of carbonyl (C=O) groups excluding carboxylic acids is 1. The Bertz CT molecular complexity index is 796. The lowest BCUT2D eigenvalue weighted by Crippen LogP contribution is -2.49. The molecule has 1 saturated heterocycles. The second kappa shape index (κ2) is 6.38. The molecule has 25 heavy (non-hydrogen) atoms. The van der Waals surface area contributed by atoms with Gasteiger partial charge in [-0.1, -0.05) is 0 Å². The molecule has 2 aliphatic rings. The number of ether oxygens (including phenoxy) is 1. The van der Waals surface area contributed by atoms with Gasteiger partial charge in [0.05, 0.1) is 12.8 Å². The second-order valence-electron chi connectivity index (χ2n) is 6.48. The van der Waals surface area contributed by atoms with E-state index in [0.29, 0.717) is 43.3 Å². The first-order valence-electron chi connectivity index (χ1n) is 8.61. The number of hydrogen-bond acceptors (Lipinski definition) is 4. The van der Waals surface area contributed by atoms with E-state index in [2.05, 4.69) is 10.2 Å². The minimum absolute atomic E-state index is 0.0230. The number of nitrogens with zero attached hydrogens (tertiary/aromatic N) is 3. The van der Waals surface area contributed by atoms with Crippen LogP contribution in [0.4, 0.5) is 10.1 Å². The van der Waals surface area contributed by atoms with Gasteiger partial charge >= 0.3 is 0 Å². The maximum atomic E-state index is 14.1. The molecule has 1 aromatic heterocycles. The molecule has 6 nitrogen and oxygen atoms in total. The summed E-state index contributed by atoms with van der Waals surface area (Å²) in [6.07, 6.45) is 2.97. The molecule has 1 N–H and O–H groups in total. The fourth-order valence-electron chi connectivity index (χ4n) is 3.66. The van der Waals surface area contributed by atoms with Crippen molar-refractivity contribution >= 4 is 11.6 Å². The van der Waals surface area contributed by atoms with Gasteiger partial charge in [0.25, 0.3) is 5.91 Å². The van der Waals surface area contributed by atoms with Crippen LogP contribution in [0.1, 0.15) is 28.2 Å². The van der Waals surface area contributed by atoms with Gasteiger partial charge < -0.3 is 14.5 Å². The lowest BCUT2D eigenvalue weighted by molar-refractivity contribution is 0.0739.